The van der Waals surface area contributed by atoms with Gasteiger partial charge in [0.05, 0.1) is 32.9 Å². The Labute approximate surface area is 140 Å². The molecule has 1 amide bonds. The number of hydrogen-bond donors (Lipinski definition) is 2. The summed E-state index contributed by atoms with van der Waals surface area (Å²) in [4.78, 5) is 12.2. The van der Waals surface area contributed by atoms with Gasteiger partial charge in [-0.15, -0.1) is 0 Å². The molecule has 0 radical (unpaired) electrons. The van der Waals surface area contributed by atoms with E-state index in [9.17, 15) is 13.6 Å². The van der Waals surface area contributed by atoms with Crippen LogP contribution in [0.15, 0.2) is 12.1 Å². The number of halogens is 2. The molecule has 3 N–H and O–H groups in total. The van der Waals surface area contributed by atoms with Crippen LogP contribution in [0.2, 0.25) is 0 Å². The summed E-state index contributed by atoms with van der Waals surface area (Å²) < 4.78 is 42.9. The lowest BCUT2D eigenvalue weighted by atomic mass is 10.1. The molecule has 0 bridgehead atoms. The SMILES string of the molecule is CCOc1cc(C(=O)NCC(F)(F)CN)cc(OCC)c1OCC. The molecular formula is C16H24F2N2O4. The molecule has 0 saturated heterocycles. The third kappa shape index (κ3) is 5.52. The molecule has 0 aliphatic rings. The van der Waals surface area contributed by atoms with E-state index in [1.54, 1.807) is 20.8 Å². The maximum absolute atomic E-state index is 13.2. The smallest absolute Gasteiger partial charge is 0.277 e. The molecule has 0 spiro atoms. The van der Waals surface area contributed by atoms with Crippen molar-refractivity contribution in [1.29, 1.82) is 0 Å². The molecule has 136 valence electrons. The van der Waals surface area contributed by atoms with Crippen LogP contribution < -0.4 is 25.3 Å². The van der Waals surface area contributed by atoms with Gasteiger partial charge in [0.25, 0.3) is 11.8 Å². The number of nitrogens with two attached hydrogens (primary N) is 1. The van der Waals surface area contributed by atoms with Crippen molar-refractivity contribution in [3.63, 3.8) is 0 Å². The summed E-state index contributed by atoms with van der Waals surface area (Å²) in [6, 6.07) is 2.87. The highest BCUT2D eigenvalue weighted by atomic mass is 19.3. The third-order valence-corrected chi connectivity index (χ3v) is 2.98. The van der Waals surface area contributed by atoms with Gasteiger partial charge in [-0.25, -0.2) is 8.78 Å². The van der Waals surface area contributed by atoms with E-state index < -0.39 is 24.9 Å². The molecule has 0 heterocycles. The molecule has 0 atom stereocenters. The van der Waals surface area contributed by atoms with Crippen LogP contribution in [0.25, 0.3) is 0 Å². The minimum Gasteiger partial charge on any atom is -0.490 e. The lowest BCUT2D eigenvalue weighted by Crippen LogP contribution is -2.41. The fraction of sp³-hybridized carbons (Fsp3) is 0.562. The summed E-state index contributed by atoms with van der Waals surface area (Å²) in [7, 11) is 0. The van der Waals surface area contributed by atoms with Crippen molar-refractivity contribution >= 4 is 5.91 Å². The third-order valence-electron chi connectivity index (χ3n) is 2.98. The van der Waals surface area contributed by atoms with Crippen LogP contribution >= 0.6 is 0 Å². The molecular weight excluding hydrogens is 322 g/mol. The first-order chi connectivity index (χ1) is 11.4. The van der Waals surface area contributed by atoms with Crippen LogP contribution in [0.3, 0.4) is 0 Å². The Hall–Kier alpha value is -2.09. The van der Waals surface area contributed by atoms with E-state index in [0.717, 1.165) is 0 Å². The van der Waals surface area contributed by atoms with Gasteiger partial charge in [0.1, 0.15) is 0 Å². The quantitative estimate of drug-likeness (QED) is 0.679. The van der Waals surface area contributed by atoms with E-state index in [4.69, 9.17) is 19.9 Å². The zero-order valence-corrected chi connectivity index (χ0v) is 14.2. The fourth-order valence-electron chi connectivity index (χ4n) is 1.90. The van der Waals surface area contributed by atoms with Crippen molar-refractivity contribution in [1.82, 2.24) is 5.32 Å². The zero-order chi connectivity index (χ0) is 18.2. The molecule has 0 aliphatic carbocycles. The van der Waals surface area contributed by atoms with E-state index in [-0.39, 0.29) is 5.56 Å². The topological polar surface area (TPSA) is 82.8 Å². The van der Waals surface area contributed by atoms with Crippen molar-refractivity contribution in [2.75, 3.05) is 32.9 Å². The molecule has 6 nitrogen and oxygen atoms in total. The Balaban J connectivity index is 3.11. The van der Waals surface area contributed by atoms with Crippen molar-refractivity contribution in [2.24, 2.45) is 5.73 Å². The highest BCUT2D eigenvalue weighted by molar-refractivity contribution is 5.95. The van der Waals surface area contributed by atoms with Gasteiger partial charge < -0.3 is 25.3 Å². The molecule has 24 heavy (non-hydrogen) atoms. The standard InChI is InChI=1S/C16H24F2N2O4/c1-4-22-12-7-11(15(21)20-10-16(17,18)9-19)8-13(23-5-2)14(12)24-6-3/h7-8H,4-6,9-10,19H2,1-3H3,(H,20,21). The number of benzene rings is 1. The highest BCUT2D eigenvalue weighted by Gasteiger charge is 2.28. The fourth-order valence-corrected chi connectivity index (χ4v) is 1.90. The molecule has 1 aromatic rings. The number of alkyl halides is 2. The van der Waals surface area contributed by atoms with Crippen LogP contribution in [-0.2, 0) is 0 Å². The number of amides is 1. The van der Waals surface area contributed by atoms with Gasteiger partial charge in [0.2, 0.25) is 5.75 Å². The summed E-state index contributed by atoms with van der Waals surface area (Å²) in [6.07, 6.45) is 0. The average molecular weight is 346 g/mol. The van der Waals surface area contributed by atoms with Crippen LogP contribution in [0.1, 0.15) is 31.1 Å². The lowest BCUT2D eigenvalue weighted by molar-refractivity contribution is 0.0118. The Kier molecular flexibility index (Phi) is 7.70. The number of hydrogen-bond acceptors (Lipinski definition) is 5. The van der Waals surface area contributed by atoms with Crippen LogP contribution in [-0.4, -0.2) is 44.7 Å². The van der Waals surface area contributed by atoms with Crippen LogP contribution in [0, 0.1) is 0 Å². The summed E-state index contributed by atoms with van der Waals surface area (Å²) in [5.74, 6) is -2.81. The van der Waals surface area contributed by atoms with Crippen molar-refractivity contribution in [2.45, 2.75) is 26.7 Å². The van der Waals surface area contributed by atoms with E-state index in [2.05, 4.69) is 5.32 Å². The zero-order valence-electron chi connectivity index (χ0n) is 14.2. The average Bonchev–Trinajstić information content (AvgIpc) is 2.56. The minimum atomic E-state index is -3.16. The van der Waals surface area contributed by atoms with Gasteiger partial charge in [-0.2, -0.15) is 0 Å². The molecule has 0 aliphatic heterocycles. The summed E-state index contributed by atoms with van der Waals surface area (Å²) in [5, 5.41) is 2.16. The normalized spacial score (nSPS) is 11.1. The Morgan fingerprint density at radius 1 is 1.08 bits per heavy atom. The second-order valence-corrected chi connectivity index (χ2v) is 4.84. The maximum atomic E-state index is 13.2. The van der Waals surface area contributed by atoms with Gasteiger partial charge in [-0.3, -0.25) is 4.79 Å². The first kappa shape index (κ1) is 20.0. The first-order valence-electron chi connectivity index (χ1n) is 7.81. The van der Waals surface area contributed by atoms with Gasteiger partial charge in [-0.05, 0) is 32.9 Å². The van der Waals surface area contributed by atoms with E-state index in [1.165, 1.54) is 12.1 Å². The van der Waals surface area contributed by atoms with Gasteiger partial charge in [0, 0.05) is 5.56 Å². The Morgan fingerprint density at radius 3 is 2.00 bits per heavy atom. The summed E-state index contributed by atoms with van der Waals surface area (Å²) in [6.45, 7) is 4.77. The van der Waals surface area contributed by atoms with Crippen molar-refractivity contribution in [3.05, 3.63) is 17.7 Å². The summed E-state index contributed by atoms with van der Waals surface area (Å²) in [5.41, 5.74) is 5.09. The minimum absolute atomic E-state index is 0.137. The number of carbonyl (C=O) groups is 1. The van der Waals surface area contributed by atoms with Gasteiger partial charge in [-0.1, -0.05) is 0 Å². The number of carbonyl (C=O) groups excluding carboxylic acids is 1. The molecule has 0 saturated carbocycles. The number of nitrogens with one attached hydrogen (secondary N) is 1. The monoisotopic (exact) mass is 346 g/mol. The molecule has 0 fully saturated rings. The van der Waals surface area contributed by atoms with E-state index >= 15 is 0 Å². The Morgan fingerprint density at radius 2 is 1.58 bits per heavy atom. The molecule has 1 rings (SSSR count). The maximum Gasteiger partial charge on any atom is 0.277 e. The van der Waals surface area contributed by atoms with Crippen LogP contribution in [0.5, 0.6) is 17.2 Å². The molecule has 8 heteroatoms. The first-order valence-corrected chi connectivity index (χ1v) is 7.81. The largest absolute Gasteiger partial charge is 0.490 e. The summed E-state index contributed by atoms with van der Waals surface area (Å²) >= 11 is 0. The van der Waals surface area contributed by atoms with Crippen LogP contribution in [0.4, 0.5) is 8.78 Å². The lowest BCUT2D eigenvalue weighted by Gasteiger charge is -2.18. The van der Waals surface area contributed by atoms with Crippen molar-refractivity contribution in [3.8, 4) is 17.2 Å². The van der Waals surface area contributed by atoms with Gasteiger partial charge >= 0.3 is 0 Å². The van der Waals surface area contributed by atoms with Gasteiger partial charge in [0.15, 0.2) is 11.5 Å². The van der Waals surface area contributed by atoms with E-state index in [0.29, 0.717) is 37.1 Å². The number of ether oxygens (including phenoxy) is 3. The number of rotatable bonds is 10. The molecule has 1 aromatic carbocycles. The molecule has 0 aromatic heterocycles. The predicted octanol–water partition coefficient (Wildman–Crippen LogP) is 2.21. The van der Waals surface area contributed by atoms with E-state index in [1.807, 2.05) is 0 Å². The predicted molar refractivity (Wildman–Crippen MR) is 86.3 cm³/mol. The highest BCUT2D eigenvalue weighted by Crippen LogP contribution is 2.39. The van der Waals surface area contributed by atoms with Crippen molar-refractivity contribution < 1.29 is 27.8 Å². The Bertz CT molecular complexity index is 526. The second kappa shape index (κ2) is 9.27. The molecule has 0 unspecified atom stereocenters. The second-order valence-electron chi connectivity index (χ2n) is 4.84.